The maximum Gasteiger partial charge on any atom is 0.243 e. The monoisotopic (exact) mass is 297 g/mol. The van der Waals surface area contributed by atoms with Crippen molar-refractivity contribution in [2.24, 2.45) is 17.1 Å². The largest absolute Gasteiger partial charge is 0.377 e. The summed E-state index contributed by atoms with van der Waals surface area (Å²) in [6, 6.07) is 0.0561. The van der Waals surface area contributed by atoms with E-state index in [1.807, 2.05) is 27.7 Å². The standard InChI is InChI=1S/C15H27N3O3/c1-9(2)17-11(19)8-18(5)13(20)15(16)10-6-7-21-12(10)14(15,3)4/h9-10,12H,6-8,16H2,1-5H3,(H,17,19). The van der Waals surface area contributed by atoms with Crippen molar-refractivity contribution in [3.63, 3.8) is 0 Å². The summed E-state index contributed by atoms with van der Waals surface area (Å²) >= 11 is 0. The van der Waals surface area contributed by atoms with Gasteiger partial charge in [-0.15, -0.1) is 0 Å². The Balaban J connectivity index is 2.07. The van der Waals surface area contributed by atoms with E-state index in [-0.39, 0.29) is 36.4 Å². The third-order valence-corrected chi connectivity index (χ3v) is 4.99. The first-order valence-electron chi connectivity index (χ1n) is 7.57. The van der Waals surface area contributed by atoms with Gasteiger partial charge in [-0.2, -0.15) is 0 Å². The first-order valence-corrected chi connectivity index (χ1v) is 7.57. The molecule has 1 saturated heterocycles. The molecule has 0 aromatic rings. The van der Waals surface area contributed by atoms with Gasteiger partial charge in [-0.1, -0.05) is 13.8 Å². The Hall–Kier alpha value is -1.14. The highest BCUT2D eigenvalue weighted by Gasteiger charge is 2.71. The molecule has 1 heterocycles. The molecule has 3 atom stereocenters. The van der Waals surface area contributed by atoms with Crippen molar-refractivity contribution < 1.29 is 14.3 Å². The zero-order chi connectivity index (χ0) is 16.0. The lowest BCUT2D eigenvalue weighted by Gasteiger charge is -2.61. The number of carbonyl (C=O) groups excluding carboxylic acids is 2. The smallest absolute Gasteiger partial charge is 0.243 e. The number of hydrogen-bond donors (Lipinski definition) is 2. The molecular formula is C15H27N3O3. The number of likely N-dealkylation sites (N-methyl/N-ethyl adjacent to an activating group) is 1. The zero-order valence-corrected chi connectivity index (χ0v) is 13.6. The van der Waals surface area contributed by atoms with E-state index in [0.717, 1.165) is 6.42 Å². The van der Waals surface area contributed by atoms with Crippen LogP contribution in [0.2, 0.25) is 0 Å². The summed E-state index contributed by atoms with van der Waals surface area (Å²) in [7, 11) is 1.63. The van der Waals surface area contributed by atoms with Crippen LogP contribution in [0.4, 0.5) is 0 Å². The summed E-state index contributed by atoms with van der Waals surface area (Å²) in [4.78, 5) is 26.1. The lowest BCUT2D eigenvalue weighted by Crippen LogP contribution is -2.80. The van der Waals surface area contributed by atoms with Gasteiger partial charge in [-0.05, 0) is 20.3 Å². The van der Waals surface area contributed by atoms with Gasteiger partial charge in [0.05, 0.1) is 12.6 Å². The fourth-order valence-electron chi connectivity index (χ4n) is 3.79. The molecule has 1 aliphatic carbocycles. The molecule has 2 amide bonds. The van der Waals surface area contributed by atoms with Gasteiger partial charge >= 0.3 is 0 Å². The Bertz CT molecular complexity index is 449. The van der Waals surface area contributed by atoms with Crippen molar-refractivity contribution in [3.05, 3.63) is 0 Å². The molecule has 2 fully saturated rings. The second-order valence-corrected chi connectivity index (χ2v) is 7.16. The van der Waals surface area contributed by atoms with Crippen LogP contribution < -0.4 is 11.1 Å². The predicted molar refractivity (Wildman–Crippen MR) is 79.5 cm³/mol. The normalized spacial score (nSPS) is 33.3. The Morgan fingerprint density at radius 1 is 1.43 bits per heavy atom. The van der Waals surface area contributed by atoms with Crippen LogP contribution in [0.3, 0.4) is 0 Å². The molecule has 120 valence electrons. The molecule has 3 N–H and O–H groups in total. The summed E-state index contributed by atoms with van der Waals surface area (Å²) < 4.78 is 5.70. The highest BCUT2D eigenvalue weighted by molar-refractivity contribution is 5.92. The number of rotatable bonds is 4. The molecule has 21 heavy (non-hydrogen) atoms. The highest BCUT2D eigenvalue weighted by Crippen LogP contribution is 2.58. The molecule has 1 aliphatic heterocycles. The summed E-state index contributed by atoms with van der Waals surface area (Å²) in [5.41, 5.74) is 5.13. The molecule has 0 bridgehead atoms. The van der Waals surface area contributed by atoms with Gasteiger partial charge in [0.2, 0.25) is 11.8 Å². The van der Waals surface area contributed by atoms with Gasteiger partial charge in [0.15, 0.2) is 0 Å². The lowest BCUT2D eigenvalue weighted by atomic mass is 9.47. The average molecular weight is 297 g/mol. The van der Waals surface area contributed by atoms with Crippen molar-refractivity contribution in [1.82, 2.24) is 10.2 Å². The third kappa shape index (κ3) is 2.34. The summed E-state index contributed by atoms with van der Waals surface area (Å²) in [6.45, 7) is 8.41. The van der Waals surface area contributed by atoms with E-state index in [2.05, 4.69) is 5.32 Å². The maximum absolute atomic E-state index is 12.8. The Kier molecular flexibility index (Phi) is 4.06. The summed E-state index contributed by atoms with van der Waals surface area (Å²) in [5.74, 6) is -0.283. The average Bonchev–Trinajstić information content (AvgIpc) is 2.83. The van der Waals surface area contributed by atoms with Crippen LogP contribution in [0.15, 0.2) is 0 Å². The summed E-state index contributed by atoms with van der Waals surface area (Å²) in [6.07, 6.45) is 0.854. The van der Waals surface area contributed by atoms with Gasteiger partial charge in [0.25, 0.3) is 0 Å². The Morgan fingerprint density at radius 2 is 2.05 bits per heavy atom. The number of nitrogens with zero attached hydrogens (tertiary/aromatic N) is 1. The van der Waals surface area contributed by atoms with Crippen LogP contribution >= 0.6 is 0 Å². The van der Waals surface area contributed by atoms with Crippen molar-refractivity contribution >= 4 is 11.8 Å². The SMILES string of the molecule is CC(C)NC(=O)CN(C)C(=O)C1(N)C2CCOC2C1(C)C. The maximum atomic E-state index is 12.8. The molecule has 3 unspecified atom stereocenters. The minimum atomic E-state index is -0.943. The van der Waals surface area contributed by atoms with E-state index >= 15 is 0 Å². The van der Waals surface area contributed by atoms with E-state index in [0.29, 0.717) is 6.61 Å². The quantitative estimate of drug-likeness (QED) is 0.771. The Morgan fingerprint density at radius 3 is 2.62 bits per heavy atom. The number of ether oxygens (including phenoxy) is 1. The van der Waals surface area contributed by atoms with Crippen molar-refractivity contribution in [1.29, 1.82) is 0 Å². The number of amides is 2. The molecule has 6 heteroatoms. The third-order valence-electron chi connectivity index (χ3n) is 4.99. The molecule has 2 aliphatic rings. The highest BCUT2D eigenvalue weighted by atomic mass is 16.5. The second-order valence-electron chi connectivity index (χ2n) is 7.16. The van der Waals surface area contributed by atoms with Crippen LogP contribution in [0.1, 0.15) is 34.1 Å². The first-order chi connectivity index (χ1) is 9.62. The number of hydrogen-bond acceptors (Lipinski definition) is 4. The van der Waals surface area contributed by atoms with Crippen molar-refractivity contribution in [2.45, 2.75) is 51.8 Å². The van der Waals surface area contributed by atoms with Crippen LogP contribution in [0, 0.1) is 11.3 Å². The molecule has 0 aromatic carbocycles. The number of nitrogens with one attached hydrogen (secondary N) is 1. The van der Waals surface area contributed by atoms with E-state index in [1.165, 1.54) is 4.90 Å². The first kappa shape index (κ1) is 16.2. The van der Waals surface area contributed by atoms with Crippen LogP contribution in [0.25, 0.3) is 0 Å². The van der Waals surface area contributed by atoms with E-state index in [9.17, 15) is 9.59 Å². The second kappa shape index (κ2) is 5.25. The molecule has 0 spiro atoms. The van der Waals surface area contributed by atoms with Crippen LogP contribution in [-0.2, 0) is 14.3 Å². The molecular weight excluding hydrogens is 270 g/mol. The van der Waals surface area contributed by atoms with Gasteiger partial charge < -0.3 is 20.7 Å². The van der Waals surface area contributed by atoms with Gasteiger partial charge in [-0.3, -0.25) is 9.59 Å². The molecule has 2 rings (SSSR count). The Labute approximate surface area is 126 Å². The molecule has 1 saturated carbocycles. The van der Waals surface area contributed by atoms with Gasteiger partial charge in [0.1, 0.15) is 5.54 Å². The molecule has 0 aromatic heterocycles. The lowest BCUT2D eigenvalue weighted by molar-refractivity contribution is -0.183. The zero-order valence-electron chi connectivity index (χ0n) is 13.6. The molecule has 0 radical (unpaired) electrons. The summed E-state index contributed by atoms with van der Waals surface area (Å²) in [5, 5.41) is 2.78. The fourth-order valence-corrected chi connectivity index (χ4v) is 3.79. The predicted octanol–water partition coefficient (Wildman–Crippen LogP) is 0.112. The molecule has 6 nitrogen and oxygen atoms in total. The van der Waals surface area contributed by atoms with Crippen LogP contribution in [-0.4, -0.2) is 54.6 Å². The van der Waals surface area contributed by atoms with Gasteiger partial charge in [0, 0.05) is 31.0 Å². The van der Waals surface area contributed by atoms with Crippen LogP contribution in [0.5, 0.6) is 0 Å². The minimum absolute atomic E-state index is 0.0320. The number of nitrogens with two attached hydrogens (primary N) is 1. The van der Waals surface area contributed by atoms with E-state index < -0.39 is 11.0 Å². The number of carbonyl (C=O) groups is 2. The van der Waals surface area contributed by atoms with E-state index in [1.54, 1.807) is 7.05 Å². The van der Waals surface area contributed by atoms with Crippen molar-refractivity contribution in [3.8, 4) is 0 Å². The van der Waals surface area contributed by atoms with E-state index in [4.69, 9.17) is 10.5 Å². The van der Waals surface area contributed by atoms with Crippen molar-refractivity contribution in [2.75, 3.05) is 20.2 Å². The number of fused-ring (bicyclic) bond motifs is 1. The van der Waals surface area contributed by atoms with Gasteiger partial charge in [-0.25, -0.2) is 0 Å². The fraction of sp³-hybridized carbons (Fsp3) is 0.867. The minimum Gasteiger partial charge on any atom is -0.377 e. The topological polar surface area (TPSA) is 84.7 Å².